The van der Waals surface area contributed by atoms with Gasteiger partial charge in [0.2, 0.25) is 5.91 Å². The number of hydrogen-bond donors (Lipinski definition) is 1. The molecule has 4 heterocycles. The van der Waals surface area contributed by atoms with Crippen LogP contribution < -0.4 is 10.2 Å². The first kappa shape index (κ1) is 21.6. The third-order valence-corrected chi connectivity index (χ3v) is 6.84. The van der Waals surface area contributed by atoms with Crippen LogP contribution in [0.3, 0.4) is 0 Å². The molecule has 1 fully saturated rings. The molecule has 6 rings (SSSR count). The third-order valence-electron chi connectivity index (χ3n) is 6.84. The first-order valence-corrected chi connectivity index (χ1v) is 12.1. The number of ether oxygens (including phenoxy) is 1. The predicted molar refractivity (Wildman–Crippen MR) is 136 cm³/mol. The van der Waals surface area contributed by atoms with Crippen LogP contribution in [0.5, 0.6) is 0 Å². The Morgan fingerprint density at radius 1 is 1.03 bits per heavy atom. The number of benzene rings is 2. The largest absolute Gasteiger partial charge is 0.378 e. The van der Waals surface area contributed by atoms with Gasteiger partial charge in [-0.05, 0) is 47.9 Å². The summed E-state index contributed by atoms with van der Waals surface area (Å²) in [5.41, 5.74) is 7.28. The number of imidazole rings is 1. The standard InChI is InChI=1S/C27H28N6O2/c1-19(34)32-10-8-20-2-3-21(16-22(20)17-32)25-18-33-11-9-28-27(33)26(30-25)29-23-4-6-24(7-5-23)31-12-14-35-15-13-31/h2-7,9,11,16,18H,8,10,12-15,17H2,1H3,(H,29,30). The van der Waals surface area contributed by atoms with Crippen LogP contribution in [0.4, 0.5) is 17.2 Å². The lowest BCUT2D eigenvalue weighted by Crippen LogP contribution is -2.36. The number of fused-ring (bicyclic) bond motifs is 2. The Kier molecular flexibility index (Phi) is 5.58. The summed E-state index contributed by atoms with van der Waals surface area (Å²) in [6.45, 7) is 6.42. The second kappa shape index (κ2) is 9.03. The Morgan fingerprint density at radius 2 is 1.86 bits per heavy atom. The molecule has 8 heteroatoms. The molecule has 1 N–H and O–H groups in total. The van der Waals surface area contributed by atoms with E-state index >= 15 is 0 Å². The number of nitrogens with zero attached hydrogens (tertiary/aromatic N) is 5. The lowest BCUT2D eigenvalue weighted by atomic mass is 9.96. The molecule has 1 amide bonds. The summed E-state index contributed by atoms with van der Waals surface area (Å²) in [5.74, 6) is 0.819. The third kappa shape index (κ3) is 4.33. The number of carbonyl (C=O) groups is 1. The van der Waals surface area contributed by atoms with Crippen molar-refractivity contribution in [3.05, 3.63) is 72.2 Å². The highest BCUT2D eigenvalue weighted by atomic mass is 16.5. The number of carbonyl (C=O) groups excluding carboxylic acids is 1. The SMILES string of the molecule is CC(=O)N1CCc2ccc(-c3cn4ccnc4c(Nc4ccc(N5CCOCC5)cc4)n3)cc2C1. The molecule has 0 spiro atoms. The van der Waals surface area contributed by atoms with E-state index in [9.17, 15) is 4.79 Å². The molecule has 0 aliphatic carbocycles. The Labute approximate surface area is 204 Å². The van der Waals surface area contributed by atoms with Crippen LogP contribution in [0.2, 0.25) is 0 Å². The molecule has 4 aromatic rings. The Hall–Kier alpha value is -3.91. The molecule has 2 aliphatic heterocycles. The van der Waals surface area contributed by atoms with Crippen molar-refractivity contribution in [2.24, 2.45) is 0 Å². The molecule has 0 unspecified atom stereocenters. The summed E-state index contributed by atoms with van der Waals surface area (Å²) in [6.07, 6.45) is 6.60. The Bertz CT molecular complexity index is 1370. The number of aromatic nitrogens is 3. The fourth-order valence-corrected chi connectivity index (χ4v) is 4.85. The highest BCUT2D eigenvalue weighted by Crippen LogP contribution is 2.29. The van der Waals surface area contributed by atoms with Crippen LogP contribution in [0, 0.1) is 0 Å². The fraction of sp³-hybridized carbons (Fsp3) is 0.296. The van der Waals surface area contributed by atoms with Crippen LogP contribution in [-0.4, -0.2) is 58.0 Å². The predicted octanol–water partition coefficient (Wildman–Crippen LogP) is 3.88. The van der Waals surface area contributed by atoms with E-state index in [1.807, 2.05) is 21.7 Å². The zero-order valence-corrected chi connectivity index (χ0v) is 19.8. The second-order valence-corrected chi connectivity index (χ2v) is 9.08. The van der Waals surface area contributed by atoms with Gasteiger partial charge >= 0.3 is 0 Å². The molecule has 2 aromatic heterocycles. The molecule has 2 aliphatic rings. The van der Waals surface area contributed by atoms with E-state index in [2.05, 4.69) is 57.7 Å². The van der Waals surface area contributed by atoms with Gasteiger partial charge in [-0.2, -0.15) is 0 Å². The van der Waals surface area contributed by atoms with Crippen LogP contribution in [0.1, 0.15) is 18.1 Å². The monoisotopic (exact) mass is 468 g/mol. The normalized spacial score (nSPS) is 15.8. The molecule has 0 radical (unpaired) electrons. The molecular formula is C27H28N6O2. The van der Waals surface area contributed by atoms with Gasteiger partial charge in [0.15, 0.2) is 11.5 Å². The van der Waals surface area contributed by atoms with Crippen LogP contribution >= 0.6 is 0 Å². The topological polar surface area (TPSA) is 75.0 Å². The van der Waals surface area contributed by atoms with Gasteiger partial charge in [0.05, 0.1) is 18.9 Å². The summed E-state index contributed by atoms with van der Waals surface area (Å²) in [5, 5.41) is 3.47. The molecule has 0 atom stereocenters. The van der Waals surface area contributed by atoms with Crippen molar-refractivity contribution in [3.8, 4) is 11.3 Å². The van der Waals surface area contributed by atoms with Crippen molar-refractivity contribution >= 4 is 28.7 Å². The highest BCUT2D eigenvalue weighted by Gasteiger charge is 2.19. The van der Waals surface area contributed by atoms with Crippen LogP contribution in [-0.2, 0) is 22.5 Å². The minimum atomic E-state index is 0.116. The number of morpholine rings is 1. The van der Waals surface area contributed by atoms with Gasteiger partial charge in [0.25, 0.3) is 0 Å². The molecule has 8 nitrogen and oxygen atoms in total. The maximum absolute atomic E-state index is 11.9. The second-order valence-electron chi connectivity index (χ2n) is 9.08. The Morgan fingerprint density at radius 3 is 2.66 bits per heavy atom. The molecule has 2 aromatic carbocycles. The van der Waals surface area contributed by atoms with Gasteiger partial charge in [0, 0.05) is 68.6 Å². The smallest absolute Gasteiger partial charge is 0.219 e. The molecule has 0 saturated carbocycles. The number of nitrogens with one attached hydrogen (secondary N) is 1. The highest BCUT2D eigenvalue weighted by molar-refractivity contribution is 5.75. The van der Waals surface area contributed by atoms with E-state index in [1.165, 1.54) is 16.8 Å². The Balaban J connectivity index is 1.30. The van der Waals surface area contributed by atoms with Crippen molar-refractivity contribution in [3.63, 3.8) is 0 Å². The first-order valence-electron chi connectivity index (χ1n) is 12.1. The molecule has 178 valence electrons. The summed E-state index contributed by atoms with van der Waals surface area (Å²) in [4.78, 5) is 25.6. The molecule has 35 heavy (non-hydrogen) atoms. The molecular weight excluding hydrogens is 440 g/mol. The van der Waals surface area contributed by atoms with Gasteiger partial charge in [-0.25, -0.2) is 9.97 Å². The summed E-state index contributed by atoms with van der Waals surface area (Å²) in [7, 11) is 0. The van der Waals surface area contributed by atoms with Crippen molar-refractivity contribution in [2.45, 2.75) is 19.9 Å². The lowest BCUT2D eigenvalue weighted by molar-refractivity contribution is -0.129. The van der Waals surface area contributed by atoms with Crippen molar-refractivity contribution in [2.75, 3.05) is 43.1 Å². The number of rotatable bonds is 4. The van der Waals surface area contributed by atoms with Crippen molar-refractivity contribution in [1.29, 1.82) is 0 Å². The fourth-order valence-electron chi connectivity index (χ4n) is 4.85. The van der Waals surface area contributed by atoms with E-state index < -0.39 is 0 Å². The quantitative estimate of drug-likeness (QED) is 0.490. The average molecular weight is 469 g/mol. The van der Waals surface area contributed by atoms with Crippen molar-refractivity contribution in [1.82, 2.24) is 19.3 Å². The number of amides is 1. The number of hydrogen-bond acceptors (Lipinski definition) is 6. The van der Waals surface area contributed by atoms with Crippen LogP contribution in [0.15, 0.2) is 61.1 Å². The minimum Gasteiger partial charge on any atom is -0.378 e. The average Bonchev–Trinajstić information content (AvgIpc) is 3.38. The summed E-state index contributed by atoms with van der Waals surface area (Å²) in [6, 6.07) is 14.9. The van der Waals surface area contributed by atoms with E-state index in [-0.39, 0.29) is 5.91 Å². The first-order chi connectivity index (χ1) is 17.1. The van der Waals surface area contributed by atoms with Gasteiger partial charge in [0.1, 0.15) is 0 Å². The number of anilines is 3. The van der Waals surface area contributed by atoms with Gasteiger partial charge in [-0.15, -0.1) is 0 Å². The van der Waals surface area contributed by atoms with Crippen LogP contribution in [0.25, 0.3) is 16.9 Å². The van der Waals surface area contributed by atoms with Gasteiger partial charge in [-0.3, -0.25) is 4.79 Å². The maximum atomic E-state index is 11.9. The van der Waals surface area contributed by atoms with E-state index in [1.54, 1.807) is 13.1 Å². The van der Waals surface area contributed by atoms with E-state index in [0.29, 0.717) is 12.4 Å². The molecule has 0 bridgehead atoms. The maximum Gasteiger partial charge on any atom is 0.219 e. The van der Waals surface area contributed by atoms with E-state index in [0.717, 1.165) is 61.9 Å². The lowest BCUT2D eigenvalue weighted by Gasteiger charge is -2.29. The summed E-state index contributed by atoms with van der Waals surface area (Å²) < 4.78 is 7.46. The minimum absolute atomic E-state index is 0.116. The summed E-state index contributed by atoms with van der Waals surface area (Å²) >= 11 is 0. The zero-order chi connectivity index (χ0) is 23.8. The van der Waals surface area contributed by atoms with Gasteiger partial charge < -0.3 is 24.3 Å². The zero-order valence-electron chi connectivity index (χ0n) is 19.8. The van der Waals surface area contributed by atoms with Gasteiger partial charge in [-0.1, -0.05) is 12.1 Å². The van der Waals surface area contributed by atoms with E-state index in [4.69, 9.17) is 9.72 Å². The van der Waals surface area contributed by atoms with Crippen molar-refractivity contribution < 1.29 is 9.53 Å². The molecule has 1 saturated heterocycles.